The molecule has 0 aliphatic rings. The summed E-state index contributed by atoms with van der Waals surface area (Å²) in [4.78, 5) is 12.3. The summed E-state index contributed by atoms with van der Waals surface area (Å²) in [6.07, 6.45) is 0. The van der Waals surface area contributed by atoms with Crippen molar-refractivity contribution in [3.8, 4) is 5.75 Å². The van der Waals surface area contributed by atoms with Crippen molar-refractivity contribution in [2.45, 2.75) is 13.8 Å². The van der Waals surface area contributed by atoms with E-state index in [2.05, 4.69) is 5.32 Å². The Hall–Kier alpha value is -2.49. The van der Waals surface area contributed by atoms with Crippen molar-refractivity contribution in [2.24, 2.45) is 0 Å². The van der Waals surface area contributed by atoms with E-state index in [1.165, 1.54) is 0 Å². The fourth-order valence-corrected chi connectivity index (χ4v) is 2.01. The number of carbonyl (C=O) groups is 1. The standard InChI is InChI=1S/C16H18N2O2/c1-10-7-8-15(20-3)14(9-10)18-16(19)12-5-4-6-13(17)11(12)2/h4-9H,17H2,1-3H3,(H,18,19). The van der Waals surface area contributed by atoms with Gasteiger partial charge >= 0.3 is 0 Å². The summed E-state index contributed by atoms with van der Waals surface area (Å²) >= 11 is 0. The summed E-state index contributed by atoms with van der Waals surface area (Å²) in [5.74, 6) is 0.434. The highest BCUT2D eigenvalue weighted by molar-refractivity contribution is 6.06. The number of carbonyl (C=O) groups excluding carboxylic acids is 1. The Kier molecular flexibility index (Phi) is 3.94. The predicted octanol–water partition coefficient (Wildman–Crippen LogP) is 3.15. The maximum Gasteiger partial charge on any atom is 0.256 e. The number of aryl methyl sites for hydroxylation is 1. The number of benzene rings is 2. The van der Waals surface area contributed by atoms with Crippen LogP contribution in [0.25, 0.3) is 0 Å². The van der Waals surface area contributed by atoms with Gasteiger partial charge in [0.25, 0.3) is 5.91 Å². The molecule has 2 aromatic carbocycles. The van der Waals surface area contributed by atoms with E-state index in [1.54, 1.807) is 25.3 Å². The molecule has 0 saturated carbocycles. The van der Waals surface area contributed by atoms with Gasteiger partial charge in [-0.1, -0.05) is 12.1 Å². The molecule has 0 saturated heterocycles. The first-order valence-electron chi connectivity index (χ1n) is 6.34. The topological polar surface area (TPSA) is 64.3 Å². The minimum Gasteiger partial charge on any atom is -0.495 e. The molecule has 0 fully saturated rings. The highest BCUT2D eigenvalue weighted by Gasteiger charge is 2.13. The van der Waals surface area contributed by atoms with Crippen LogP contribution in [-0.4, -0.2) is 13.0 Å². The number of hydrogen-bond acceptors (Lipinski definition) is 3. The lowest BCUT2D eigenvalue weighted by molar-refractivity contribution is 0.102. The molecular formula is C16H18N2O2. The van der Waals surface area contributed by atoms with Crippen LogP contribution in [0.4, 0.5) is 11.4 Å². The monoisotopic (exact) mass is 270 g/mol. The summed E-state index contributed by atoms with van der Waals surface area (Å²) in [7, 11) is 1.58. The normalized spacial score (nSPS) is 10.2. The molecule has 0 atom stereocenters. The van der Waals surface area contributed by atoms with Gasteiger partial charge in [-0.05, 0) is 49.2 Å². The number of rotatable bonds is 3. The molecule has 4 heteroatoms. The molecule has 0 aromatic heterocycles. The van der Waals surface area contributed by atoms with Gasteiger partial charge in [-0.25, -0.2) is 0 Å². The first-order valence-corrected chi connectivity index (χ1v) is 6.34. The highest BCUT2D eigenvalue weighted by atomic mass is 16.5. The van der Waals surface area contributed by atoms with E-state index < -0.39 is 0 Å². The first-order chi connectivity index (χ1) is 9.52. The summed E-state index contributed by atoms with van der Waals surface area (Å²) < 4.78 is 5.25. The van der Waals surface area contributed by atoms with Gasteiger partial charge in [0.05, 0.1) is 12.8 Å². The Balaban J connectivity index is 2.32. The summed E-state index contributed by atoms with van der Waals surface area (Å²) in [5, 5.41) is 2.87. The highest BCUT2D eigenvalue weighted by Crippen LogP contribution is 2.26. The van der Waals surface area contributed by atoms with Crippen LogP contribution in [0.2, 0.25) is 0 Å². The molecule has 0 radical (unpaired) electrons. The zero-order valence-corrected chi connectivity index (χ0v) is 11.9. The zero-order valence-electron chi connectivity index (χ0n) is 11.9. The van der Waals surface area contributed by atoms with Crippen LogP contribution in [-0.2, 0) is 0 Å². The van der Waals surface area contributed by atoms with E-state index >= 15 is 0 Å². The van der Waals surface area contributed by atoms with Gasteiger partial charge in [0.2, 0.25) is 0 Å². The van der Waals surface area contributed by atoms with Crippen LogP contribution in [0.15, 0.2) is 36.4 Å². The minimum atomic E-state index is -0.196. The van der Waals surface area contributed by atoms with Crippen molar-refractivity contribution in [3.05, 3.63) is 53.1 Å². The molecule has 0 heterocycles. The molecule has 20 heavy (non-hydrogen) atoms. The Bertz CT molecular complexity index is 651. The molecule has 2 rings (SSSR count). The number of nitrogens with two attached hydrogens (primary N) is 1. The fourth-order valence-electron chi connectivity index (χ4n) is 2.01. The van der Waals surface area contributed by atoms with Crippen LogP contribution < -0.4 is 15.8 Å². The quantitative estimate of drug-likeness (QED) is 0.842. The number of amides is 1. The summed E-state index contributed by atoms with van der Waals surface area (Å²) in [6.45, 7) is 3.79. The fraction of sp³-hybridized carbons (Fsp3) is 0.188. The number of hydrogen-bond donors (Lipinski definition) is 2. The third kappa shape index (κ3) is 2.74. The largest absolute Gasteiger partial charge is 0.495 e. The number of ether oxygens (including phenoxy) is 1. The van der Waals surface area contributed by atoms with Crippen LogP contribution in [0.3, 0.4) is 0 Å². The lowest BCUT2D eigenvalue weighted by Crippen LogP contribution is -2.14. The van der Waals surface area contributed by atoms with Gasteiger partial charge in [0, 0.05) is 11.3 Å². The molecule has 3 N–H and O–H groups in total. The van der Waals surface area contributed by atoms with Gasteiger partial charge in [0.15, 0.2) is 0 Å². The molecule has 0 spiro atoms. The second kappa shape index (κ2) is 5.65. The van der Waals surface area contributed by atoms with Crippen LogP contribution in [0.1, 0.15) is 21.5 Å². The van der Waals surface area contributed by atoms with Crippen molar-refractivity contribution < 1.29 is 9.53 Å². The second-order valence-corrected chi connectivity index (χ2v) is 4.68. The molecule has 0 aliphatic heterocycles. The van der Waals surface area contributed by atoms with E-state index in [0.29, 0.717) is 22.7 Å². The van der Waals surface area contributed by atoms with Gasteiger partial charge in [0.1, 0.15) is 5.75 Å². The van der Waals surface area contributed by atoms with Gasteiger partial charge < -0.3 is 15.8 Å². The first kappa shape index (κ1) is 13.9. The average molecular weight is 270 g/mol. The van der Waals surface area contributed by atoms with Crippen molar-refractivity contribution in [1.82, 2.24) is 0 Å². The Morgan fingerprint density at radius 2 is 1.95 bits per heavy atom. The Morgan fingerprint density at radius 3 is 2.65 bits per heavy atom. The smallest absolute Gasteiger partial charge is 0.256 e. The number of nitrogens with one attached hydrogen (secondary N) is 1. The molecule has 104 valence electrons. The van der Waals surface area contributed by atoms with E-state index in [4.69, 9.17) is 10.5 Å². The third-order valence-electron chi connectivity index (χ3n) is 3.22. The lowest BCUT2D eigenvalue weighted by Gasteiger charge is -2.12. The maximum atomic E-state index is 12.3. The van der Waals surface area contributed by atoms with Crippen molar-refractivity contribution in [3.63, 3.8) is 0 Å². The average Bonchev–Trinajstić information content (AvgIpc) is 2.42. The number of anilines is 2. The number of nitrogen functional groups attached to an aromatic ring is 1. The lowest BCUT2D eigenvalue weighted by atomic mass is 10.1. The molecule has 0 bridgehead atoms. The maximum absolute atomic E-state index is 12.3. The molecular weight excluding hydrogens is 252 g/mol. The Labute approximate surface area is 118 Å². The molecule has 0 unspecified atom stereocenters. The predicted molar refractivity (Wildman–Crippen MR) is 81.3 cm³/mol. The summed E-state index contributed by atoms with van der Waals surface area (Å²) in [5.41, 5.74) is 9.47. The van der Waals surface area contributed by atoms with Gasteiger partial charge in [-0.3, -0.25) is 4.79 Å². The van der Waals surface area contributed by atoms with Crippen LogP contribution in [0, 0.1) is 13.8 Å². The molecule has 1 amide bonds. The number of methoxy groups -OCH3 is 1. The van der Waals surface area contributed by atoms with E-state index in [0.717, 1.165) is 11.1 Å². The SMILES string of the molecule is COc1ccc(C)cc1NC(=O)c1cccc(N)c1C. The van der Waals surface area contributed by atoms with Crippen LogP contribution >= 0.6 is 0 Å². The van der Waals surface area contributed by atoms with E-state index in [-0.39, 0.29) is 5.91 Å². The molecule has 4 nitrogen and oxygen atoms in total. The van der Waals surface area contributed by atoms with Crippen molar-refractivity contribution in [2.75, 3.05) is 18.2 Å². The molecule has 2 aromatic rings. The van der Waals surface area contributed by atoms with E-state index in [1.807, 2.05) is 32.0 Å². The Morgan fingerprint density at radius 1 is 1.20 bits per heavy atom. The van der Waals surface area contributed by atoms with Gasteiger partial charge in [-0.2, -0.15) is 0 Å². The van der Waals surface area contributed by atoms with Crippen LogP contribution in [0.5, 0.6) is 5.75 Å². The van der Waals surface area contributed by atoms with Crippen molar-refractivity contribution in [1.29, 1.82) is 0 Å². The minimum absolute atomic E-state index is 0.196. The zero-order chi connectivity index (χ0) is 14.7. The summed E-state index contributed by atoms with van der Waals surface area (Å²) in [6, 6.07) is 10.9. The van der Waals surface area contributed by atoms with E-state index in [9.17, 15) is 4.79 Å². The molecule has 0 aliphatic carbocycles. The van der Waals surface area contributed by atoms with Gasteiger partial charge in [-0.15, -0.1) is 0 Å². The van der Waals surface area contributed by atoms with Crippen molar-refractivity contribution >= 4 is 17.3 Å². The second-order valence-electron chi connectivity index (χ2n) is 4.68. The third-order valence-corrected chi connectivity index (χ3v) is 3.22.